The van der Waals surface area contributed by atoms with Crippen LogP contribution in [0.3, 0.4) is 0 Å². The molecule has 2 aromatic rings. The van der Waals surface area contributed by atoms with Crippen molar-refractivity contribution in [1.82, 2.24) is 0 Å². The van der Waals surface area contributed by atoms with E-state index in [1.54, 1.807) is 6.92 Å². The second kappa shape index (κ2) is 2.60. The molecular weight excluding hydrogens is 169 g/mol. The molecule has 1 aromatic carbocycles. The van der Waals surface area contributed by atoms with Gasteiger partial charge in [0.2, 0.25) is 5.76 Å². The van der Waals surface area contributed by atoms with E-state index >= 15 is 0 Å². The van der Waals surface area contributed by atoms with Gasteiger partial charge in [-0.25, -0.2) is 4.39 Å². The normalized spacial score (nSPS) is 10.2. The van der Waals surface area contributed by atoms with Crippen LogP contribution in [0.25, 0.3) is 11.0 Å². The minimum absolute atomic E-state index is 0.212. The molecule has 1 aromatic heterocycles. The average molecular weight is 175 g/mol. The lowest BCUT2D eigenvalue weighted by atomic mass is 10.2. The fourth-order valence-corrected chi connectivity index (χ4v) is 1.34. The number of benzene rings is 1. The number of rotatable bonds is 0. The van der Waals surface area contributed by atoms with Gasteiger partial charge in [0.25, 0.3) is 0 Å². The molecule has 1 heterocycles. The summed E-state index contributed by atoms with van der Waals surface area (Å²) in [6.07, 6.45) is 0. The first-order chi connectivity index (χ1) is 6.20. The maximum atomic E-state index is 12.9. The van der Waals surface area contributed by atoms with Gasteiger partial charge >= 0.3 is 0 Å². The molecule has 13 heavy (non-hydrogen) atoms. The minimum atomic E-state index is -0.310. The molecule has 0 amide bonds. The van der Waals surface area contributed by atoms with Gasteiger partial charge in [0, 0.05) is 11.5 Å². The molecule has 0 aliphatic heterocycles. The number of aryl methyl sites for hydroxylation is 1. The number of hydrogen-bond donors (Lipinski definition) is 0. The van der Waals surface area contributed by atoms with E-state index < -0.39 is 0 Å². The molecule has 0 unspecified atom stereocenters. The van der Waals surface area contributed by atoms with Crippen LogP contribution in [0.5, 0.6) is 0 Å². The summed E-state index contributed by atoms with van der Waals surface area (Å²) in [5.41, 5.74) is 1.29. The summed E-state index contributed by atoms with van der Waals surface area (Å²) in [5, 5.41) is 9.19. The van der Waals surface area contributed by atoms with Crippen molar-refractivity contribution in [2.75, 3.05) is 0 Å². The van der Waals surface area contributed by atoms with Gasteiger partial charge in [-0.1, -0.05) is 0 Å². The van der Waals surface area contributed by atoms with Gasteiger partial charge in [0.15, 0.2) is 0 Å². The molecule has 0 spiro atoms. The van der Waals surface area contributed by atoms with Crippen molar-refractivity contribution < 1.29 is 8.81 Å². The summed E-state index contributed by atoms with van der Waals surface area (Å²) < 4.78 is 18.1. The zero-order chi connectivity index (χ0) is 9.42. The fraction of sp³-hybridized carbons (Fsp3) is 0.100. The Morgan fingerprint density at radius 2 is 2.15 bits per heavy atom. The Bertz CT molecular complexity index is 507. The fourth-order valence-electron chi connectivity index (χ4n) is 1.34. The standard InChI is InChI=1S/C10H6FNO/c1-6-2-8(11)3-7-4-9(5-12)13-10(6)7/h2-4H,1H3. The van der Waals surface area contributed by atoms with Gasteiger partial charge < -0.3 is 4.42 Å². The third-order valence-electron chi connectivity index (χ3n) is 1.88. The molecule has 0 radical (unpaired) electrons. The molecule has 0 aliphatic carbocycles. The lowest BCUT2D eigenvalue weighted by molar-refractivity contribution is 0.593. The van der Waals surface area contributed by atoms with E-state index in [1.165, 1.54) is 18.2 Å². The van der Waals surface area contributed by atoms with Crippen molar-refractivity contribution in [1.29, 1.82) is 5.26 Å². The quantitative estimate of drug-likeness (QED) is 0.617. The van der Waals surface area contributed by atoms with Crippen molar-refractivity contribution in [3.63, 3.8) is 0 Å². The molecule has 0 saturated carbocycles. The molecule has 0 saturated heterocycles. The zero-order valence-electron chi connectivity index (χ0n) is 6.97. The highest BCUT2D eigenvalue weighted by molar-refractivity contribution is 5.81. The minimum Gasteiger partial charge on any atom is -0.445 e. The zero-order valence-corrected chi connectivity index (χ0v) is 6.97. The van der Waals surface area contributed by atoms with Gasteiger partial charge in [-0.2, -0.15) is 5.26 Å². The van der Waals surface area contributed by atoms with Crippen LogP contribution in [0.2, 0.25) is 0 Å². The van der Waals surface area contributed by atoms with Crippen LogP contribution < -0.4 is 0 Å². The molecule has 64 valence electrons. The molecule has 2 nitrogen and oxygen atoms in total. The Balaban J connectivity index is 2.84. The van der Waals surface area contributed by atoms with Gasteiger partial charge in [-0.15, -0.1) is 0 Å². The number of nitrogens with zero attached hydrogens (tertiary/aromatic N) is 1. The molecule has 0 aliphatic rings. The van der Waals surface area contributed by atoms with Crippen LogP contribution in [0, 0.1) is 24.1 Å². The summed E-state index contributed by atoms with van der Waals surface area (Å²) in [4.78, 5) is 0. The number of halogens is 1. The molecule has 0 atom stereocenters. The molecule has 0 bridgehead atoms. The first kappa shape index (κ1) is 7.81. The van der Waals surface area contributed by atoms with Crippen LogP contribution in [-0.2, 0) is 0 Å². The van der Waals surface area contributed by atoms with Crippen molar-refractivity contribution in [2.45, 2.75) is 6.92 Å². The Kier molecular flexibility index (Phi) is 1.56. The number of nitriles is 1. The van der Waals surface area contributed by atoms with Crippen LogP contribution in [0.1, 0.15) is 11.3 Å². The Morgan fingerprint density at radius 1 is 1.38 bits per heavy atom. The van der Waals surface area contributed by atoms with E-state index in [1.807, 2.05) is 6.07 Å². The maximum Gasteiger partial charge on any atom is 0.204 e. The van der Waals surface area contributed by atoms with E-state index in [0.717, 1.165) is 0 Å². The summed E-state index contributed by atoms with van der Waals surface area (Å²) in [6.45, 7) is 1.75. The second-order valence-corrected chi connectivity index (χ2v) is 2.86. The Morgan fingerprint density at radius 3 is 2.85 bits per heavy atom. The van der Waals surface area contributed by atoms with Gasteiger partial charge in [-0.3, -0.25) is 0 Å². The van der Waals surface area contributed by atoms with Crippen LogP contribution >= 0.6 is 0 Å². The molecule has 0 N–H and O–H groups in total. The summed E-state index contributed by atoms with van der Waals surface area (Å²) >= 11 is 0. The van der Waals surface area contributed by atoms with Crippen LogP contribution in [0.15, 0.2) is 22.6 Å². The van der Waals surface area contributed by atoms with Crippen LogP contribution in [-0.4, -0.2) is 0 Å². The smallest absolute Gasteiger partial charge is 0.204 e. The average Bonchev–Trinajstić information content (AvgIpc) is 2.47. The number of fused-ring (bicyclic) bond motifs is 1. The molecule has 0 fully saturated rings. The van der Waals surface area contributed by atoms with E-state index in [2.05, 4.69) is 0 Å². The summed E-state index contributed by atoms with van der Waals surface area (Å²) in [6, 6.07) is 6.14. The van der Waals surface area contributed by atoms with Gasteiger partial charge in [0.1, 0.15) is 17.5 Å². The Labute approximate surface area is 74.2 Å². The van der Waals surface area contributed by atoms with E-state index in [-0.39, 0.29) is 11.6 Å². The lowest BCUT2D eigenvalue weighted by Crippen LogP contribution is -1.77. The number of hydrogen-bond acceptors (Lipinski definition) is 2. The second-order valence-electron chi connectivity index (χ2n) is 2.86. The maximum absolute atomic E-state index is 12.9. The SMILES string of the molecule is Cc1cc(F)cc2cc(C#N)oc12. The van der Waals surface area contributed by atoms with Crippen molar-refractivity contribution >= 4 is 11.0 Å². The van der Waals surface area contributed by atoms with E-state index in [9.17, 15) is 4.39 Å². The third kappa shape index (κ3) is 1.17. The largest absolute Gasteiger partial charge is 0.445 e. The predicted molar refractivity (Wildman–Crippen MR) is 45.6 cm³/mol. The monoisotopic (exact) mass is 175 g/mol. The Hall–Kier alpha value is -1.82. The lowest BCUT2D eigenvalue weighted by Gasteiger charge is -1.93. The topological polar surface area (TPSA) is 36.9 Å². The summed E-state index contributed by atoms with van der Waals surface area (Å²) in [5.74, 6) is -0.0982. The predicted octanol–water partition coefficient (Wildman–Crippen LogP) is 2.75. The third-order valence-corrected chi connectivity index (χ3v) is 1.88. The van der Waals surface area contributed by atoms with Crippen molar-refractivity contribution in [3.05, 3.63) is 35.3 Å². The molecule has 2 rings (SSSR count). The highest BCUT2D eigenvalue weighted by Gasteiger charge is 2.06. The highest BCUT2D eigenvalue weighted by Crippen LogP contribution is 2.23. The van der Waals surface area contributed by atoms with Gasteiger partial charge in [-0.05, 0) is 24.6 Å². The van der Waals surface area contributed by atoms with Gasteiger partial charge in [0.05, 0.1) is 0 Å². The first-order valence-electron chi connectivity index (χ1n) is 3.80. The molecular formula is C10H6FNO. The summed E-state index contributed by atoms with van der Waals surface area (Å²) in [7, 11) is 0. The van der Waals surface area contributed by atoms with Crippen LogP contribution in [0.4, 0.5) is 4.39 Å². The first-order valence-corrected chi connectivity index (χ1v) is 3.80. The highest BCUT2D eigenvalue weighted by atomic mass is 19.1. The molecule has 3 heteroatoms. The van der Waals surface area contributed by atoms with Crippen molar-refractivity contribution in [3.8, 4) is 6.07 Å². The van der Waals surface area contributed by atoms with Crippen molar-refractivity contribution in [2.24, 2.45) is 0 Å². The van der Waals surface area contributed by atoms with E-state index in [4.69, 9.17) is 9.68 Å². The number of furan rings is 1. The van der Waals surface area contributed by atoms with E-state index in [0.29, 0.717) is 16.5 Å².